The molecule has 0 aromatic heterocycles. The third kappa shape index (κ3) is 3.44. The Morgan fingerprint density at radius 1 is 1.35 bits per heavy atom. The number of urea groups is 1. The Hall–Kier alpha value is -2.64. The van der Waals surface area contributed by atoms with Crippen molar-refractivity contribution in [2.75, 3.05) is 13.3 Å². The maximum absolute atomic E-state index is 13.1. The fraction of sp³-hybridized carbons (Fsp3) is 0.250. The lowest BCUT2D eigenvalue weighted by atomic mass is 10.3. The van der Waals surface area contributed by atoms with E-state index >= 15 is 0 Å². The van der Waals surface area contributed by atoms with Crippen LogP contribution in [-0.4, -0.2) is 42.4 Å². The Bertz CT molecular complexity index is 522. The van der Waals surface area contributed by atoms with E-state index in [2.05, 4.69) is 4.74 Å². The van der Waals surface area contributed by atoms with E-state index in [1.165, 1.54) is 0 Å². The van der Waals surface area contributed by atoms with Crippen molar-refractivity contribution in [2.45, 2.75) is 6.17 Å². The molecular weight excluding hydrogens is 271 g/mol. The van der Waals surface area contributed by atoms with E-state index in [1.54, 1.807) is 35.6 Å². The molecule has 1 unspecified atom stereocenters. The largest absolute Gasteiger partial charge is 0.515 e. The molecule has 0 radical (unpaired) electrons. The summed E-state index contributed by atoms with van der Waals surface area (Å²) in [5.41, 5.74) is 0. The molecule has 0 bridgehead atoms. The third-order valence-electron chi connectivity index (χ3n) is 2.47. The zero-order chi connectivity index (χ0) is 14.5. The number of para-hydroxylation sites is 1. The highest BCUT2D eigenvalue weighted by Gasteiger charge is 2.32. The molecule has 0 aliphatic carbocycles. The molecule has 3 amide bonds. The van der Waals surface area contributed by atoms with Gasteiger partial charge in [0, 0.05) is 0 Å². The summed E-state index contributed by atoms with van der Waals surface area (Å²) < 4.78 is 22.6. The van der Waals surface area contributed by atoms with E-state index in [9.17, 15) is 18.8 Å². The van der Waals surface area contributed by atoms with Gasteiger partial charge in [-0.2, -0.15) is 0 Å². The van der Waals surface area contributed by atoms with Crippen molar-refractivity contribution in [1.82, 2.24) is 10.2 Å². The van der Waals surface area contributed by atoms with Gasteiger partial charge < -0.3 is 9.47 Å². The molecule has 7 nitrogen and oxygen atoms in total. The molecule has 1 aromatic carbocycles. The molecule has 1 saturated heterocycles. The minimum absolute atomic E-state index is 0.277. The summed E-state index contributed by atoms with van der Waals surface area (Å²) in [6.45, 7) is -0.978. The topological polar surface area (TPSA) is 84.9 Å². The fourth-order valence-corrected chi connectivity index (χ4v) is 1.48. The van der Waals surface area contributed by atoms with Crippen LogP contribution in [0.15, 0.2) is 30.3 Å². The van der Waals surface area contributed by atoms with Gasteiger partial charge in [0.2, 0.25) is 0 Å². The van der Waals surface area contributed by atoms with Gasteiger partial charge in [-0.25, -0.2) is 14.0 Å². The monoisotopic (exact) mass is 282 g/mol. The Balaban J connectivity index is 1.81. The molecule has 8 heteroatoms. The number of ether oxygens (including phenoxy) is 2. The summed E-state index contributed by atoms with van der Waals surface area (Å²) in [4.78, 5) is 34.4. The van der Waals surface area contributed by atoms with Crippen molar-refractivity contribution >= 4 is 18.1 Å². The molecule has 1 heterocycles. The van der Waals surface area contributed by atoms with Crippen molar-refractivity contribution in [3.05, 3.63) is 30.3 Å². The number of nitrogens with zero attached hydrogens (tertiary/aromatic N) is 1. The van der Waals surface area contributed by atoms with Crippen LogP contribution >= 0.6 is 0 Å². The first-order chi connectivity index (χ1) is 9.56. The second kappa shape index (κ2) is 6.00. The number of hydrogen-bond donors (Lipinski definition) is 1. The Labute approximate surface area is 113 Å². The Morgan fingerprint density at radius 2 is 2.05 bits per heavy atom. The van der Waals surface area contributed by atoms with Crippen LogP contribution in [0.1, 0.15) is 0 Å². The summed E-state index contributed by atoms with van der Waals surface area (Å²) >= 11 is 0. The van der Waals surface area contributed by atoms with Gasteiger partial charge in [0.15, 0.2) is 12.9 Å². The first-order valence-corrected chi connectivity index (χ1v) is 5.70. The second-order valence-electron chi connectivity index (χ2n) is 3.92. The normalized spacial score (nSPS) is 18.4. The number of carbonyl (C=O) groups is 3. The summed E-state index contributed by atoms with van der Waals surface area (Å²) in [7, 11) is 0. The average Bonchev–Trinajstić information content (AvgIpc) is 2.42. The predicted molar refractivity (Wildman–Crippen MR) is 63.6 cm³/mol. The van der Waals surface area contributed by atoms with Gasteiger partial charge in [0.1, 0.15) is 5.75 Å². The number of imide groups is 1. The number of benzene rings is 1. The van der Waals surface area contributed by atoms with Crippen molar-refractivity contribution in [2.24, 2.45) is 0 Å². The zero-order valence-corrected chi connectivity index (χ0v) is 10.2. The predicted octanol–water partition coefficient (Wildman–Crippen LogP) is 1.05. The zero-order valence-electron chi connectivity index (χ0n) is 10.2. The molecule has 2 rings (SSSR count). The van der Waals surface area contributed by atoms with Gasteiger partial charge in [0.25, 0.3) is 5.91 Å². The number of rotatable bonds is 3. The molecule has 1 aromatic rings. The summed E-state index contributed by atoms with van der Waals surface area (Å²) in [5, 5.41) is 1.79. The van der Waals surface area contributed by atoms with Gasteiger partial charge in [-0.1, -0.05) is 18.2 Å². The molecule has 1 aliphatic rings. The third-order valence-corrected chi connectivity index (χ3v) is 2.47. The van der Waals surface area contributed by atoms with Crippen LogP contribution in [0.3, 0.4) is 0 Å². The quantitative estimate of drug-likeness (QED) is 0.661. The summed E-state index contributed by atoms with van der Waals surface area (Å²) in [6, 6.07) is 7.35. The van der Waals surface area contributed by atoms with Crippen LogP contribution in [0, 0.1) is 0 Å². The van der Waals surface area contributed by atoms with Gasteiger partial charge in [-0.3, -0.25) is 15.0 Å². The minimum Gasteiger partial charge on any atom is -0.412 e. The Morgan fingerprint density at radius 3 is 2.75 bits per heavy atom. The average molecular weight is 282 g/mol. The maximum Gasteiger partial charge on any atom is 0.515 e. The van der Waals surface area contributed by atoms with Crippen molar-refractivity contribution in [3.63, 3.8) is 0 Å². The van der Waals surface area contributed by atoms with Crippen LogP contribution in [-0.2, 0) is 9.53 Å². The smallest absolute Gasteiger partial charge is 0.412 e. The molecule has 1 fully saturated rings. The summed E-state index contributed by atoms with van der Waals surface area (Å²) in [6.07, 6.45) is -2.88. The standard InChI is InChI=1S/C12H11FN2O5/c13-9-6-15(11(17)14-10(9)16)7-19-12(18)20-8-4-2-1-3-5-8/h1-5,9H,6-7H2,(H,14,16,17). The number of amides is 3. The SMILES string of the molecule is O=C(OCN1CC(F)C(=O)NC1=O)Oc1ccccc1. The molecule has 1 aliphatic heterocycles. The highest BCUT2D eigenvalue weighted by atomic mass is 19.1. The number of carbonyl (C=O) groups excluding carboxylic acids is 3. The highest BCUT2D eigenvalue weighted by molar-refractivity contribution is 5.99. The van der Waals surface area contributed by atoms with Gasteiger partial charge in [-0.15, -0.1) is 0 Å². The maximum atomic E-state index is 13.1. The Kier molecular flexibility index (Phi) is 4.14. The van der Waals surface area contributed by atoms with Gasteiger partial charge >= 0.3 is 12.2 Å². The van der Waals surface area contributed by atoms with Crippen LogP contribution in [0.4, 0.5) is 14.0 Å². The van der Waals surface area contributed by atoms with Gasteiger partial charge in [-0.05, 0) is 12.1 Å². The lowest BCUT2D eigenvalue weighted by molar-refractivity contribution is -0.127. The van der Waals surface area contributed by atoms with E-state index in [4.69, 9.17) is 4.74 Å². The van der Waals surface area contributed by atoms with E-state index in [0.29, 0.717) is 0 Å². The molecule has 1 atom stereocenters. The number of halogens is 1. The lowest BCUT2D eigenvalue weighted by Gasteiger charge is -2.27. The minimum atomic E-state index is -1.85. The van der Waals surface area contributed by atoms with Gasteiger partial charge in [0.05, 0.1) is 6.54 Å². The van der Waals surface area contributed by atoms with Crippen molar-refractivity contribution in [1.29, 1.82) is 0 Å². The molecule has 1 N–H and O–H groups in total. The van der Waals surface area contributed by atoms with E-state index in [-0.39, 0.29) is 5.75 Å². The van der Waals surface area contributed by atoms with Crippen molar-refractivity contribution < 1.29 is 28.2 Å². The van der Waals surface area contributed by atoms with Crippen LogP contribution in [0.2, 0.25) is 0 Å². The van der Waals surface area contributed by atoms with E-state index in [0.717, 1.165) is 4.90 Å². The molecule has 106 valence electrons. The second-order valence-corrected chi connectivity index (χ2v) is 3.92. The summed E-state index contributed by atoms with van der Waals surface area (Å²) in [5.74, 6) is -0.725. The highest BCUT2D eigenvalue weighted by Crippen LogP contribution is 2.10. The lowest BCUT2D eigenvalue weighted by Crippen LogP contribution is -2.56. The molecule has 0 spiro atoms. The molecule has 20 heavy (non-hydrogen) atoms. The van der Waals surface area contributed by atoms with E-state index < -0.39 is 37.5 Å². The van der Waals surface area contributed by atoms with Crippen LogP contribution in [0.25, 0.3) is 0 Å². The van der Waals surface area contributed by atoms with Crippen LogP contribution in [0.5, 0.6) is 5.75 Å². The first kappa shape index (κ1) is 13.8. The van der Waals surface area contributed by atoms with E-state index in [1.807, 2.05) is 0 Å². The molecule has 0 saturated carbocycles. The molecular formula is C12H11FN2O5. The number of alkyl halides is 1. The fourth-order valence-electron chi connectivity index (χ4n) is 1.48. The first-order valence-electron chi connectivity index (χ1n) is 5.70. The van der Waals surface area contributed by atoms with Crippen LogP contribution < -0.4 is 10.1 Å². The number of hydrogen-bond acceptors (Lipinski definition) is 5. The van der Waals surface area contributed by atoms with Crippen molar-refractivity contribution in [3.8, 4) is 5.75 Å². The number of nitrogens with one attached hydrogen (secondary N) is 1.